The van der Waals surface area contributed by atoms with Crippen molar-refractivity contribution in [3.05, 3.63) is 83.4 Å². The van der Waals surface area contributed by atoms with Crippen molar-refractivity contribution in [1.82, 2.24) is 9.80 Å². The smallest absolute Gasteiger partial charge is 0.260 e. The fraction of sp³-hybridized carbons (Fsp3) is 0.231. The molecule has 0 spiro atoms. The fourth-order valence-corrected chi connectivity index (χ4v) is 4.37. The highest BCUT2D eigenvalue weighted by Gasteiger charge is 2.34. The third kappa shape index (κ3) is 3.85. The summed E-state index contributed by atoms with van der Waals surface area (Å²) in [5.41, 5.74) is 0.932. The van der Waals surface area contributed by atoms with Gasteiger partial charge in [-0.25, -0.2) is 13.8 Å². The molecule has 0 unspecified atom stereocenters. The second-order valence-corrected chi connectivity index (χ2v) is 8.26. The number of piperazine rings is 1. The molecule has 2 aliphatic heterocycles. The van der Waals surface area contributed by atoms with Crippen LogP contribution in [0.3, 0.4) is 0 Å². The quantitative estimate of drug-likeness (QED) is 0.537. The molecule has 2 aliphatic rings. The normalized spacial score (nSPS) is 17.2. The van der Waals surface area contributed by atoms with Crippen LogP contribution < -0.4 is 9.47 Å². The molecule has 1 saturated heterocycles. The number of fused-ring (bicyclic) bond motifs is 2. The van der Waals surface area contributed by atoms with E-state index >= 15 is 0 Å². The number of nitrogens with zero attached hydrogens (tertiary/aromatic N) is 3. The number of benzene rings is 3. The molecular formula is C26H23F2N3O3. The number of rotatable bonds is 2. The summed E-state index contributed by atoms with van der Waals surface area (Å²) < 4.78 is 40.0. The van der Waals surface area contributed by atoms with Gasteiger partial charge in [0.1, 0.15) is 40.2 Å². The lowest BCUT2D eigenvalue weighted by atomic mass is 10.1. The number of ether oxygens (including phenoxy) is 2. The van der Waals surface area contributed by atoms with Gasteiger partial charge in [-0.15, -0.1) is 0 Å². The summed E-state index contributed by atoms with van der Waals surface area (Å²) >= 11 is 0. The molecule has 0 bridgehead atoms. The molecule has 2 heterocycles. The number of amides is 1. The predicted molar refractivity (Wildman–Crippen MR) is 124 cm³/mol. The minimum Gasteiger partial charge on any atom is -0.497 e. The van der Waals surface area contributed by atoms with E-state index in [1.165, 1.54) is 11.0 Å². The van der Waals surface area contributed by atoms with Gasteiger partial charge in [0.05, 0.1) is 12.7 Å². The van der Waals surface area contributed by atoms with Crippen molar-refractivity contribution in [3.8, 4) is 17.2 Å². The molecule has 5 rings (SSSR count). The van der Waals surface area contributed by atoms with Crippen molar-refractivity contribution in [1.29, 1.82) is 0 Å². The van der Waals surface area contributed by atoms with E-state index < -0.39 is 23.1 Å². The van der Waals surface area contributed by atoms with E-state index in [4.69, 9.17) is 14.5 Å². The van der Waals surface area contributed by atoms with Crippen LogP contribution in [0, 0.1) is 11.6 Å². The number of hydrogen-bond donors (Lipinski definition) is 0. The highest BCUT2D eigenvalue weighted by molar-refractivity contribution is 6.04. The highest BCUT2D eigenvalue weighted by Crippen LogP contribution is 2.39. The number of aliphatic imine (C=N–C) groups is 1. The van der Waals surface area contributed by atoms with Crippen LogP contribution in [0.1, 0.15) is 22.8 Å². The molecule has 0 aromatic heterocycles. The highest BCUT2D eigenvalue weighted by atomic mass is 19.1. The number of amidine groups is 1. The molecular weight excluding hydrogens is 440 g/mol. The largest absolute Gasteiger partial charge is 0.497 e. The maximum Gasteiger partial charge on any atom is 0.260 e. The van der Waals surface area contributed by atoms with E-state index in [2.05, 4.69) is 4.90 Å². The van der Waals surface area contributed by atoms with Crippen molar-refractivity contribution in [2.45, 2.75) is 13.0 Å². The first-order valence-electron chi connectivity index (χ1n) is 11.0. The summed E-state index contributed by atoms with van der Waals surface area (Å²) in [6.07, 6.45) is 0. The van der Waals surface area contributed by atoms with Crippen molar-refractivity contribution >= 4 is 17.4 Å². The van der Waals surface area contributed by atoms with Crippen LogP contribution in [-0.2, 0) is 0 Å². The van der Waals surface area contributed by atoms with Crippen molar-refractivity contribution in [3.63, 3.8) is 0 Å². The van der Waals surface area contributed by atoms with Gasteiger partial charge in [-0.05, 0) is 49.4 Å². The van der Waals surface area contributed by atoms with Gasteiger partial charge in [0.2, 0.25) is 0 Å². The third-order valence-electron chi connectivity index (χ3n) is 6.10. The standard InChI is InChI=1S/C26H23F2N3O3/c1-16-15-30(12-13-31(16)26(32)24-19(27)6-5-7-20(24)28)25-18-14-17(33-2)10-11-22(18)34-23-9-4-3-8-21(23)29-25/h3-11,14,16H,12-13,15H2,1-2H3/t16-/m0/s1. The van der Waals surface area contributed by atoms with E-state index in [9.17, 15) is 13.6 Å². The minimum absolute atomic E-state index is 0.286. The zero-order chi connectivity index (χ0) is 23.8. The van der Waals surface area contributed by atoms with Gasteiger partial charge in [-0.2, -0.15) is 0 Å². The maximum atomic E-state index is 14.2. The number of carbonyl (C=O) groups is 1. The number of hydrogen-bond acceptors (Lipinski definition) is 5. The van der Waals surface area contributed by atoms with Crippen LogP contribution in [0.15, 0.2) is 65.7 Å². The fourth-order valence-electron chi connectivity index (χ4n) is 4.37. The van der Waals surface area contributed by atoms with Crippen molar-refractivity contribution < 1.29 is 23.0 Å². The summed E-state index contributed by atoms with van der Waals surface area (Å²) in [4.78, 5) is 21.5. The number of methoxy groups -OCH3 is 1. The Hall–Kier alpha value is -3.94. The lowest BCUT2D eigenvalue weighted by Gasteiger charge is -2.41. The third-order valence-corrected chi connectivity index (χ3v) is 6.10. The van der Waals surface area contributed by atoms with Gasteiger partial charge < -0.3 is 19.3 Å². The first-order valence-corrected chi connectivity index (χ1v) is 11.0. The van der Waals surface area contributed by atoms with Crippen LogP contribution in [0.25, 0.3) is 0 Å². The first kappa shape index (κ1) is 21.9. The molecule has 8 heteroatoms. The predicted octanol–water partition coefficient (Wildman–Crippen LogP) is 5.00. The van der Waals surface area contributed by atoms with Gasteiger partial charge in [0.15, 0.2) is 5.75 Å². The van der Waals surface area contributed by atoms with Crippen LogP contribution in [0.5, 0.6) is 17.2 Å². The molecule has 3 aromatic rings. The van der Waals surface area contributed by atoms with E-state index in [1.54, 1.807) is 7.11 Å². The molecule has 0 aliphatic carbocycles. The van der Waals surface area contributed by atoms with E-state index in [0.29, 0.717) is 41.9 Å². The molecule has 0 N–H and O–H groups in total. The summed E-state index contributed by atoms with van der Waals surface area (Å²) in [5, 5.41) is 0. The topological polar surface area (TPSA) is 54.4 Å². The molecule has 174 valence electrons. The van der Waals surface area contributed by atoms with Crippen LogP contribution in [-0.4, -0.2) is 54.3 Å². The van der Waals surface area contributed by atoms with Gasteiger partial charge in [-0.3, -0.25) is 4.79 Å². The van der Waals surface area contributed by atoms with Crippen LogP contribution >= 0.6 is 0 Å². The molecule has 0 radical (unpaired) electrons. The van der Waals surface area contributed by atoms with Gasteiger partial charge >= 0.3 is 0 Å². The van der Waals surface area contributed by atoms with Crippen LogP contribution in [0.4, 0.5) is 14.5 Å². The van der Waals surface area contributed by atoms with Gasteiger partial charge in [0.25, 0.3) is 5.91 Å². The SMILES string of the molecule is COc1ccc2c(c1)C(N1CCN(C(=O)c3c(F)cccc3F)[C@@H](C)C1)=Nc1ccccc1O2. The summed E-state index contributed by atoms with van der Waals surface area (Å²) in [7, 11) is 1.60. The van der Waals surface area contributed by atoms with E-state index in [0.717, 1.165) is 17.7 Å². The number of para-hydroxylation sites is 2. The van der Waals surface area contributed by atoms with Gasteiger partial charge in [0, 0.05) is 25.7 Å². The Morgan fingerprint density at radius 3 is 2.53 bits per heavy atom. The summed E-state index contributed by atoms with van der Waals surface area (Å²) in [5.74, 6) is 0.268. The molecule has 1 amide bonds. The Morgan fingerprint density at radius 2 is 1.79 bits per heavy atom. The summed E-state index contributed by atoms with van der Waals surface area (Å²) in [6.45, 7) is 3.01. The second-order valence-electron chi connectivity index (χ2n) is 8.26. The van der Waals surface area contributed by atoms with Crippen LogP contribution in [0.2, 0.25) is 0 Å². The molecule has 0 saturated carbocycles. The van der Waals surface area contributed by atoms with Gasteiger partial charge in [-0.1, -0.05) is 18.2 Å². The number of carbonyl (C=O) groups excluding carboxylic acids is 1. The molecule has 6 nitrogen and oxygen atoms in total. The molecule has 34 heavy (non-hydrogen) atoms. The Balaban J connectivity index is 1.48. The molecule has 1 atom stereocenters. The molecule has 3 aromatic carbocycles. The average molecular weight is 463 g/mol. The van der Waals surface area contributed by atoms with E-state index in [-0.39, 0.29) is 12.6 Å². The maximum absolute atomic E-state index is 14.2. The van der Waals surface area contributed by atoms with Crippen molar-refractivity contribution in [2.24, 2.45) is 4.99 Å². The van der Waals surface area contributed by atoms with Crippen molar-refractivity contribution in [2.75, 3.05) is 26.7 Å². The van der Waals surface area contributed by atoms with E-state index in [1.807, 2.05) is 49.4 Å². The average Bonchev–Trinajstić information content (AvgIpc) is 3.00. The molecule has 1 fully saturated rings. The monoisotopic (exact) mass is 463 g/mol. The summed E-state index contributed by atoms with van der Waals surface area (Å²) in [6, 6.07) is 16.2. The lowest BCUT2D eigenvalue weighted by Crippen LogP contribution is -2.55. The number of halogens is 2. The Bertz CT molecular complexity index is 1270. The minimum atomic E-state index is -0.859. The second kappa shape index (κ2) is 8.78. The Morgan fingerprint density at radius 1 is 1.03 bits per heavy atom. The Labute approximate surface area is 196 Å². The lowest BCUT2D eigenvalue weighted by molar-refractivity contribution is 0.0571. The zero-order valence-corrected chi connectivity index (χ0v) is 18.8. The first-order chi connectivity index (χ1) is 16.5. The Kier molecular flexibility index (Phi) is 5.65. The zero-order valence-electron chi connectivity index (χ0n) is 18.8.